The number of thioether (sulfide) groups is 1. The zero-order valence-corrected chi connectivity index (χ0v) is 10.5. The van der Waals surface area contributed by atoms with Gasteiger partial charge in [-0.05, 0) is 36.6 Å². The normalized spacial score (nSPS) is 12.7. The third kappa shape index (κ3) is 4.61. The van der Waals surface area contributed by atoms with E-state index in [9.17, 15) is 0 Å². The molecule has 84 valence electrons. The summed E-state index contributed by atoms with van der Waals surface area (Å²) < 4.78 is 0. The molecule has 1 rings (SSSR count). The second-order valence-corrected chi connectivity index (χ2v) is 5.04. The van der Waals surface area contributed by atoms with Crippen molar-refractivity contribution in [1.82, 2.24) is 0 Å². The Labute approximate surface area is 97.4 Å². The van der Waals surface area contributed by atoms with Gasteiger partial charge in [0.1, 0.15) is 0 Å². The highest BCUT2D eigenvalue weighted by molar-refractivity contribution is 7.99. The van der Waals surface area contributed by atoms with E-state index in [0.29, 0.717) is 0 Å². The minimum Gasteiger partial charge on any atom is -0.399 e. The van der Waals surface area contributed by atoms with Gasteiger partial charge in [0.15, 0.2) is 0 Å². The van der Waals surface area contributed by atoms with Gasteiger partial charge in [0.2, 0.25) is 0 Å². The van der Waals surface area contributed by atoms with Crippen molar-refractivity contribution in [2.45, 2.75) is 38.0 Å². The lowest BCUT2D eigenvalue weighted by atomic mass is 10.0. The van der Waals surface area contributed by atoms with Gasteiger partial charge in [0.25, 0.3) is 0 Å². The van der Waals surface area contributed by atoms with Gasteiger partial charge in [0, 0.05) is 16.3 Å². The van der Waals surface area contributed by atoms with Crippen LogP contribution in [0.2, 0.25) is 0 Å². The average molecular weight is 223 g/mol. The maximum Gasteiger partial charge on any atom is 0.0314 e. The molecule has 0 saturated carbocycles. The maximum atomic E-state index is 5.65. The summed E-state index contributed by atoms with van der Waals surface area (Å²) in [6.07, 6.45) is 3.93. The SMILES string of the molecule is CCCC(CC)CSc1ccc(N)cc1. The van der Waals surface area contributed by atoms with Gasteiger partial charge in [-0.3, -0.25) is 0 Å². The first-order valence-electron chi connectivity index (χ1n) is 5.74. The van der Waals surface area contributed by atoms with Crippen LogP contribution in [-0.2, 0) is 0 Å². The van der Waals surface area contributed by atoms with Gasteiger partial charge >= 0.3 is 0 Å². The smallest absolute Gasteiger partial charge is 0.0314 e. The van der Waals surface area contributed by atoms with Crippen LogP contribution < -0.4 is 5.73 Å². The van der Waals surface area contributed by atoms with Crippen molar-refractivity contribution in [2.75, 3.05) is 11.5 Å². The van der Waals surface area contributed by atoms with Crippen LogP contribution in [0, 0.1) is 5.92 Å². The van der Waals surface area contributed by atoms with Crippen LogP contribution in [0.15, 0.2) is 29.2 Å². The molecular weight excluding hydrogens is 202 g/mol. The van der Waals surface area contributed by atoms with Gasteiger partial charge < -0.3 is 5.73 Å². The van der Waals surface area contributed by atoms with Crippen molar-refractivity contribution in [3.8, 4) is 0 Å². The number of hydrogen-bond donors (Lipinski definition) is 1. The summed E-state index contributed by atoms with van der Waals surface area (Å²) >= 11 is 1.95. The van der Waals surface area contributed by atoms with Crippen molar-refractivity contribution < 1.29 is 0 Å². The van der Waals surface area contributed by atoms with Crippen LogP contribution >= 0.6 is 11.8 Å². The molecule has 1 aromatic rings. The minimum atomic E-state index is 0.847. The lowest BCUT2D eigenvalue weighted by Crippen LogP contribution is -2.01. The summed E-state index contributed by atoms with van der Waals surface area (Å²) in [5.41, 5.74) is 6.49. The summed E-state index contributed by atoms with van der Waals surface area (Å²) in [6, 6.07) is 8.17. The van der Waals surface area contributed by atoms with Gasteiger partial charge in [-0.2, -0.15) is 0 Å². The summed E-state index contributed by atoms with van der Waals surface area (Å²) in [5, 5.41) is 0. The molecule has 15 heavy (non-hydrogen) atoms. The molecular formula is C13H21NS. The Morgan fingerprint density at radius 3 is 2.40 bits per heavy atom. The van der Waals surface area contributed by atoms with E-state index in [-0.39, 0.29) is 0 Å². The molecule has 2 heteroatoms. The van der Waals surface area contributed by atoms with E-state index < -0.39 is 0 Å². The molecule has 0 bridgehead atoms. The highest BCUT2D eigenvalue weighted by atomic mass is 32.2. The van der Waals surface area contributed by atoms with Crippen molar-refractivity contribution in [3.63, 3.8) is 0 Å². The monoisotopic (exact) mass is 223 g/mol. The van der Waals surface area contributed by atoms with E-state index >= 15 is 0 Å². The maximum absolute atomic E-state index is 5.65. The molecule has 2 N–H and O–H groups in total. The van der Waals surface area contributed by atoms with Crippen LogP contribution in [0.3, 0.4) is 0 Å². The third-order valence-corrected chi connectivity index (χ3v) is 3.88. The van der Waals surface area contributed by atoms with Crippen molar-refractivity contribution in [1.29, 1.82) is 0 Å². The van der Waals surface area contributed by atoms with Gasteiger partial charge in [-0.15, -0.1) is 11.8 Å². The Bertz CT molecular complexity index is 268. The molecule has 0 aliphatic rings. The zero-order valence-electron chi connectivity index (χ0n) is 9.70. The van der Waals surface area contributed by atoms with Gasteiger partial charge in [-0.1, -0.05) is 26.7 Å². The second kappa shape index (κ2) is 6.78. The molecule has 0 aliphatic carbocycles. The molecule has 1 atom stereocenters. The quantitative estimate of drug-likeness (QED) is 0.578. The Kier molecular flexibility index (Phi) is 5.62. The summed E-state index contributed by atoms with van der Waals surface area (Å²) in [4.78, 5) is 1.33. The lowest BCUT2D eigenvalue weighted by molar-refractivity contribution is 0.517. The molecule has 0 aromatic heterocycles. The first kappa shape index (κ1) is 12.4. The fourth-order valence-corrected chi connectivity index (χ4v) is 2.75. The summed E-state index contributed by atoms with van der Waals surface area (Å²) in [5.74, 6) is 2.09. The van der Waals surface area contributed by atoms with E-state index in [2.05, 4.69) is 26.0 Å². The molecule has 0 radical (unpaired) electrons. The average Bonchev–Trinajstić information content (AvgIpc) is 2.26. The molecule has 0 fully saturated rings. The lowest BCUT2D eigenvalue weighted by Gasteiger charge is -2.12. The number of rotatable bonds is 6. The van der Waals surface area contributed by atoms with Crippen molar-refractivity contribution >= 4 is 17.4 Å². The highest BCUT2D eigenvalue weighted by Crippen LogP contribution is 2.24. The first-order valence-corrected chi connectivity index (χ1v) is 6.73. The van der Waals surface area contributed by atoms with E-state index in [1.54, 1.807) is 0 Å². The van der Waals surface area contributed by atoms with E-state index in [4.69, 9.17) is 5.73 Å². The number of hydrogen-bond acceptors (Lipinski definition) is 2. The minimum absolute atomic E-state index is 0.847. The number of nitrogens with two attached hydrogens (primary N) is 1. The number of nitrogen functional groups attached to an aromatic ring is 1. The summed E-state index contributed by atoms with van der Waals surface area (Å²) in [6.45, 7) is 4.54. The van der Waals surface area contributed by atoms with Crippen LogP contribution in [0.5, 0.6) is 0 Å². The van der Waals surface area contributed by atoms with Gasteiger partial charge in [0.05, 0.1) is 0 Å². The summed E-state index contributed by atoms with van der Waals surface area (Å²) in [7, 11) is 0. The Morgan fingerprint density at radius 2 is 1.87 bits per heavy atom. The van der Waals surface area contributed by atoms with E-state index in [1.165, 1.54) is 29.9 Å². The van der Waals surface area contributed by atoms with Gasteiger partial charge in [-0.25, -0.2) is 0 Å². The number of benzene rings is 1. The second-order valence-electron chi connectivity index (χ2n) is 3.94. The topological polar surface area (TPSA) is 26.0 Å². The zero-order chi connectivity index (χ0) is 11.1. The van der Waals surface area contributed by atoms with Crippen LogP contribution in [0.4, 0.5) is 5.69 Å². The van der Waals surface area contributed by atoms with Crippen LogP contribution in [0.25, 0.3) is 0 Å². The number of anilines is 1. The Hall–Kier alpha value is -0.630. The fraction of sp³-hybridized carbons (Fsp3) is 0.538. The highest BCUT2D eigenvalue weighted by Gasteiger charge is 2.05. The molecule has 0 heterocycles. The Balaban J connectivity index is 2.38. The van der Waals surface area contributed by atoms with Crippen molar-refractivity contribution in [3.05, 3.63) is 24.3 Å². The molecule has 0 spiro atoms. The first-order chi connectivity index (χ1) is 7.26. The molecule has 0 amide bonds. The molecule has 0 aliphatic heterocycles. The predicted octanol–water partition coefficient (Wildman–Crippen LogP) is 4.19. The molecule has 0 saturated heterocycles. The molecule has 1 unspecified atom stereocenters. The largest absolute Gasteiger partial charge is 0.399 e. The molecule has 1 nitrogen and oxygen atoms in total. The third-order valence-electron chi connectivity index (χ3n) is 2.64. The fourth-order valence-electron chi connectivity index (χ4n) is 1.59. The van der Waals surface area contributed by atoms with Crippen molar-refractivity contribution in [2.24, 2.45) is 5.92 Å². The predicted molar refractivity (Wildman–Crippen MR) is 70.3 cm³/mol. The van der Waals surface area contributed by atoms with Crippen LogP contribution in [-0.4, -0.2) is 5.75 Å². The van der Waals surface area contributed by atoms with Crippen LogP contribution in [0.1, 0.15) is 33.1 Å². The molecule has 1 aromatic carbocycles. The van der Waals surface area contributed by atoms with E-state index in [1.807, 2.05) is 23.9 Å². The standard InChI is InChI=1S/C13H21NS/c1-3-5-11(4-2)10-15-13-8-6-12(14)7-9-13/h6-9,11H,3-5,10,14H2,1-2H3. The Morgan fingerprint density at radius 1 is 1.20 bits per heavy atom. The van der Waals surface area contributed by atoms with E-state index in [0.717, 1.165) is 11.6 Å².